The van der Waals surface area contributed by atoms with Crippen molar-refractivity contribution < 1.29 is 19.5 Å². The molecule has 6 heteroatoms. The van der Waals surface area contributed by atoms with Crippen molar-refractivity contribution >= 4 is 34.8 Å². The second-order valence-electron chi connectivity index (χ2n) is 7.00. The number of anilines is 1. The Morgan fingerprint density at radius 3 is 2.36 bits per heavy atom. The Labute approximate surface area is 162 Å². The van der Waals surface area contributed by atoms with Crippen molar-refractivity contribution in [1.82, 2.24) is 4.57 Å². The van der Waals surface area contributed by atoms with E-state index in [2.05, 4.69) is 5.32 Å². The average Bonchev–Trinajstić information content (AvgIpc) is 2.94. The largest absolute Gasteiger partial charge is 0.481 e. The number of aldehydes is 1. The molecule has 0 fully saturated rings. The minimum absolute atomic E-state index is 0.192. The van der Waals surface area contributed by atoms with Crippen LogP contribution in [0.25, 0.3) is 22.0 Å². The molecule has 28 heavy (non-hydrogen) atoms. The number of hydrogen-bond acceptors (Lipinski definition) is 3. The SMILES string of the molecule is Cc1ccc(-c2c(CC(=O)O)c(C)c(NC(=O)C=O)c3c2cc(C)n3C)cc1. The van der Waals surface area contributed by atoms with Gasteiger partial charge in [-0.2, -0.15) is 0 Å². The summed E-state index contributed by atoms with van der Waals surface area (Å²) in [5.74, 6) is -1.73. The van der Waals surface area contributed by atoms with Crippen molar-refractivity contribution in [2.45, 2.75) is 27.2 Å². The first kappa shape index (κ1) is 19.4. The summed E-state index contributed by atoms with van der Waals surface area (Å²) in [6.45, 7) is 5.71. The quantitative estimate of drug-likeness (QED) is 0.525. The highest BCUT2D eigenvalue weighted by Crippen LogP contribution is 2.41. The molecule has 0 aliphatic rings. The van der Waals surface area contributed by atoms with Gasteiger partial charge in [0.2, 0.25) is 6.29 Å². The van der Waals surface area contributed by atoms with Gasteiger partial charge in [0.1, 0.15) is 0 Å². The lowest BCUT2D eigenvalue weighted by Gasteiger charge is -2.19. The molecule has 1 amide bonds. The molecule has 0 saturated heterocycles. The molecule has 3 aromatic rings. The zero-order valence-electron chi connectivity index (χ0n) is 16.3. The third-order valence-corrected chi connectivity index (χ3v) is 5.13. The molecule has 0 spiro atoms. The second-order valence-corrected chi connectivity index (χ2v) is 7.00. The zero-order chi connectivity index (χ0) is 20.6. The topological polar surface area (TPSA) is 88.4 Å². The number of aliphatic carboxylic acids is 1. The summed E-state index contributed by atoms with van der Waals surface area (Å²) >= 11 is 0. The number of nitrogens with zero attached hydrogens (tertiary/aromatic N) is 1. The van der Waals surface area contributed by atoms with Crippen LogP contribution in [0.2, 0.25) is 0 Å². The van der Waals surface area contributed by atoms with Crippen LogP contribution in [-0.2, 0) is 27.9 Å². The summed E-state index contributed by atoms with van der Waals surface area (Å²) < 4.78 is 1.94. The molecule has 0 atom stereocenters. The van der Waals surface area contributed by atoms with Gasteiger partial charge in [-0.15, -0.1) is 0 Å². The van der Waals surface area contributed by atoms with Gasteiger partial charge < -0.3 is 15.0 Å². The Balaban J connectivity index is 2.46. The molecule has 1 aromatic heterocycles. The normalized spacial score (nSPS) is 10.9. The van der Waals surface area contributed by atoms with Crippen LogP contribution < -0.4 is 5.32 Å². The number of nitrogens with one attached hydrogen (secondary N) is 1. The number of carbonyl (C=O) groups excluding carboxylic acids is 2. The molecule has 3 rings (SSSR count). The van der Waals surface area contributed by atoms with Crippen LogP contribution in [0.5, 0.6) is 0 Å². The summed E-state index contributed by atoms with van der Waals surface area (Å²) in [6.07, 6.45) is 0.0225. The Bertz CT molecular complexity index is 1110. The van der Waals surface area contributed by atoms with Crippen LogP contribution in [0.4, 0.5) is 5.69 Å². The molecule has 2 N–H and O–H groups in total. The van der Waals surface area contributed by atoms with Gasteiger partial charge >= 0.3 is 5.97 Å². The van der Waals surface area contributed by atoms with E-state index in [4.69, 9.17) is 0 Å². The van der Waals surface area contributed by atoms with Gasteiger partial charge in [-0.3, -0.25) is 14.4 Å². The number of hydrogen-bond donors (Lipinski definition) is 2. The number of benzene rings is 2. The first-order valence-electron chi connectivity index (χ1n) is 8.91. The molecule has 0 aliphatic heterocycles. The minimum atomic E-state index is -0.962. The van der Waals surface area contributed by atoms with E-state index in [0.29, 0.717) is 16.8 Å². The molecular formula is C22H22N2O4. The fourth-order valence-electron chi connectivity index (χ4n) is 3.63. The van der Waals surface area contributed by atoms with Crippen molar-refractivity contribution in [1.29, 1.82) is 0 Å². The lowest BCUT2D eigenvalue weighted by atomic mass is 9.89. The van der Waals surface area contributed by atoms with E-state index >= 15 is 0 Å². The first-order chi connectivity index (χ1) is 13.2. The van der Waals surface area contributed by atoms with Gasteiger partial charge in [0.25, 0.3) is 5.91 Å². The summed E-state index contributed by atoms with van der Waals surface area (Å²) in [4.78, 5) is 34.3. The Hall–Kier alpha value is -3.41. The van der Waals surface area contributed by atoms with Crippen LogP contribution in [0.3, 0.4) is 0 Å². The number of aryl methyl sites for hydroxylation is 3. The van der Waals surface area contributed by atoms with Crippen molar-refractivity contribution in [3.05, 3.63) is 52.7 Å². The van der Waals surface area contributed by atoms with E-state index in [1.54, 1.807) is 6.92 Å². The lowest BCUT2D eigenvalue weighted by Crippen LogP contribution is -2.16. The fourth-order valence-corrected chi connectivity index (χ4v) is 3.63. The molecule has 0 bridgehead atoms. The predicted molar refractivity (Wildman–Crippen MR) is 109 cm³/mol. The number of carboxylic acid groups (broad SMARTS) is 1. The third-order valence-electron chi connectivity index (χ3n) is 5.13. The number of aromatic nitrogens is 1. The monoisotopic (exact) mass is 378 g/mol. The molecule has 0 aliphatic carbocycles. The highest BCUT2D eigenvalue weighted by molar-refractivity contribution is 6.31. The van der Waals surface area contributed by atoms with Gasteiger partial charge in [0, 0.05) is 18.1 Å². The average molecular weight is 378 g/mol. The zero-order valence-corrected chi connectivity index (χ0v) is 16.3. The van der Waals surface area contributed by atoms with E-state index in [1.807, 2.05) is 55.8 Å². The second kappa shape index (κ2) is 7.31. The molecule has 1 heterocycles. The highest BCUT2D eigenvalue weighted by atomic mass is 16.4. The molecule has 0 saturated carbocycles. The summed E-state index contributed by atoms with van der Waals surface area (Å²) in [5.41, 5.74) is 6.30. The van der Waals surface area contributed by atoms with Gasteiger partial charge in [0.15, 0.2) is 0 Å². The van der Waals surface area contributed by atoms with E-state index in [9.17, 15) is 19.5 Å². The molecule has 6 nitrogen and oxygen atoms in total. The van der Waals surface area contributed by atoms with Crippen LogP contribution in [0.15, 0.2) is 30.3 Å². The van der Waals surface area contributed by atoms with Crippen LogP contribution >= 0.6 is 0 Å². The van der Waals surface area contributed by atoms with Gasteiger partial charge in [-0.25, -0.2) is 0 Å². The maximum atomic E-state index is 11.8. The first-order valence-corrected chi connectivity index (χ1v) is 8.91. The third kappa shape index (κ3) is 3.29. The minimum Gasteiger partial charge on any atom is -0.481 e. The standard InChI is InChI=1S/C22H22N2O4/c1-12-5-7-15(8-6-12)20-16(10-19(27)28)14(3)21(23-18(26)11-25)22-17(20)9-13(2)24(22)4/h5-9,11H,10H2,1-4H3,(H,23,26)(H,27,28). The maximum Gasteiger partial charge on any atom is 0.307 e. The van der Waals surface area contributed by atoms with Crippen LogP contribution in [0, 0.1) is 20.8 Å². The number of rotatable bonds is 5. The molecule has 144 valence electrons. The molecule has 0 unspecified atom stereocenters. The lowest BCUT2D eigenvalue weighted by molar-refractivity contribution is -0.136. The molecular weight excluding hydrogens is 356 g/mol. The van der Waals surface area contributed by atoms with Crippen LogP contribution in [0.1, 0.15) is 22.4 Å². The summed E-state index contributed by atoms with van der Waals surface area (Å²) in [7, 11) is 1.88. The van der Waals surface area contributed by atoms with E-state index in [-0.39, 0.29) is 12.7 Å². The Kier molecular flexibility index (Phi) is 5.05. The number of amides is 1. The predicted octanol–water partition coefficient (Wildman–Crippen LogP) is 3.54. The fraction of sp³-hybridized carbons (Fsp3) is 0.227. The van der Waals surface area contributed by atoms with E-state index in [1.165, 1.54) is 0 Å². The van der Waals surface area contributed by atoms with Crippen molar-refractivity contribution in [2.24, 2.45) is 7.05 Å². The van der Waals surface area contributed by atoms with E-state index in [0.717, 1.165) is 33.3 Å². The van der Waals surface area contributed by atoms with Gasteiger partial charge in [-0.05, 0) is 49.1 Å². The summed E-state index contributed by atoms with van der Waals surface area (Å²) in [5, 5.41) is 13.0. The smallest absolute Gasteiger partial charge is 0.307 e. The molecule has 2 aromatic carbocycles. The Morgan fingerprint density at radius 1 is 1.14 bits per heavy atom. The summed E-state index contributed by atoms with van der Waals surface area (Å²) in [6, 6.07) is 9.89. The number of fused-ring (bicyclic) bond motifs is 1. The van der Waals surface area contributed by atoms with Crippen LogP contribution in [-0.4, -0.2) is 27.8 Å². The molecule has 0 radical (unpaired) electrons. The van der Waals surface area contributed by atoms with Gasteiger partial charge in [0.05, 0.1) is 17.6 Å². The van der Waals surface area contributed by atoms with Crippen molar-refractivity contribution in [3.8, 4) is 11.1 Å². The van der Waals surface area contributed by atoms with Crippen molar-refractivity contribution in [2.75, 3.05) is 5.32 Å². The maximum absolute atomic E-state index is 11.8. The van der Waals surface area contributed by atoms with E-state index < -0.39 is 11.9 Å². The Morgan fingerprint density at radius 2 is 1.79 bits per heavy atom. The highest BCUT2D eigenvalue weighted by Gasteiger charge is 2.23. The van der Waals surface area contributed by atoms with Crippen molar-refractivity contribution in [3.63, 3.8) is 0 Å². The van der Waals surface area contributed by atoms with Gasteiger partial charge in [-0.1, -0.05) is 29.8 Å². The number of carboxylic acids is 1. The number of carbonyl (C=O) groups is 3.